The molecule has 0 fully saturated rings. The predicted octanol–water partition coefficient (Wildman–Crippen LogP) is 5.99. The van der Waals surface area contributed by atoms with Crippen molar-refractivity contribution in [2.24, 2.45) is 0 Å². The minimum absolute atomic E-state index is 0.0249. The van der Waals surface area contributed by atoms with Gasteiger partial charge in [-0.15, -0.1) is 0 Å². The highest BCUT2D eigenvalue weighted by atomic mass is 79.9. The van der Waals surface area contributed by atoms with Gasteiger partial charge in [0.2, 0.25) is 0 Å². The minimum Gasteiger partial charge on any atom is -0.507 e. The Morgan fingerprint density at radius 3 is 2.35 bits per heavy atom. The topological polar surface area (TPSA) is 76.0 Å². The van der Waals surface area contributed by atoms with E-state index in [1.165, 1.54) is 6.07 Å². The predicted molar refractivity (Wildman–Crippen MR) is 105 cm³/mol. The summed E-state index contributed by atoms with van der Waals surface area (Å²) >= 11 is 6.67. The third kappa shape index (κ3) is 2.70. The van der Waals surface area contributed by atoms with E-state index < -0.39 is 5.97 Å². The molecule has 3 rings (SSSR count). The van der Waals surface area contributed by atoms with Crippen LogP contribution >= 0.6 is 31.9 Å². The number of allylic oxidation sites excluding steroid dienone is 2. The molecule has 0 amide bonds. The van der Waals surface area contributed by atoms with Gasteiger partial charge in [-0.25, -0.2) is 4.79 Å². The maximum absolute atomic E-state index is 12.7. The smallest absolute Gasteiger partial charge is 0.347 e. The van der Waals surface area contributed by atoms with E-state index in [0.29, 0.717) is 31.4 Å². The fourth-order valence-electron chi connectivity index (χ4n) is 2.83. The number of benzene rings is 2. The Morgan fingerprint density at radius 2 is 1.73 bits per heavy atom. The fraction of sp³-hybridized carbons (Fsp3) is 0.211. The van der Waals surface area contributed by atoms with Gasteiger partial charge in [-0.1, -0.05) is 6.08 Å². The van der Waals surface area contributed by atoms with E-state index >= 15 is 0 Å². The number of carbonyl (C=O) groups is 1. The second kappa shape index (κ2) is 6.63. The van der Waals surface area contributed by atoms with Crippen molar-refractivity contribution >= 4 is 43.4 Å². The first-order valence-corrected chi connectivity index (χ1v) is 9.38. The van der Waals surface area contributed by atoms with E-state index in [9.17, 15) is 15.0 Å². The molecular formula is C19H16Br2O5. The molecule has 1 aliphatic rings. The Labute approximate surface area is 167 Å². The number of carbonyl (C=O) groups excluding carboxylic acids is 1. The van der Waals surface area contributed by atoms with Gasteiger partial charge in [0.15, 0.2) is 11.5 Å². The molecule has 0 unspecified atom stereocenters. The van der Waals surface area contributed by atoms with Gasteiger partial charge in [-0.05, 0) is 70.7 Å². The fourth-order valence-corrected chi connectivity index (χ4v) is 3.93. The average molecular weight is 484 g/mol. The Morgan fingerprint density at radius 1 is 1.08 bits per heavy atom. The molecule has 26 heavy (non-hydrogen) atoms. The number of aromatic hydroxyl groups is 2. The van der Waals surface area contributed by atoms with Gasteiger partial charge < -0.3 is 19.7 Å². The molecule has 2 aromatic rings. The van der Waals surface area contributed by atoms with E-state index in [2.05, 4.69) is 31.9 Å². The molecule has 0 saturated carbocycles. The summed E-state index contributed by atoms with van der Waals surface area (Å²) in [5, 5.41) is 20.6. The molecule has 0 aromatic heterocycles. The molecule has 0 aliphatic carbocycles. The number of phenolic OH excluding ortho intramolecular Hbond substituents is 2. The number of ether oxygens (including phenoxy) is 2. The summed E-state index contributed by atoms with van der Waals surface area (Å²) in [4.78, 5) is 12.7. The third-order valence-electron chi connectivity index (χ3n) is 4.44. The van der Waals surface area contributed by atoms with Gasteiger partial charge in [-0.3, -0.25) is 0 Å². The Bertz CT molecular complexity index is 993. The lowest BCUT2D eigenvalue weighted by Crippen LogP contribution is -2.10. The summed E-state index contributed by atoms with van der Waals surface area (Å²) in [6.45, 7) is 7.04. The van der Waals surface area contributed by atoms with Crippen LogP contribution in [-0.4, -0.2) is 16.2 Å². The van der Waals surface area contributed by atoms with Crippen LogP contribution in [0, 0.1) is 13.8 Å². The molecule has 0 spiro atoms. The zero-order valence-electron chi connectivity index (χ0n) is 14.5. The molecule has 1 aliphatic heterocycles. The number of phenols is 2. The summed E-state index contributed by atoms with van der Waals surface area (Å²) in [5.41, 5.74) is 2.49. The number of rotatable bonds is 1. The number of hydrogen-bond acceptors (Lipinski definition) is 5. The van der Waals surface area contributed by atoms with Crippen LogP contribution in [0.25, 0.3) is 5.57 Å². The van der Waals surface area contributed by atoms with E-state index in [1.807, 2.05) is 19.9 Å². The molecular weight excluding hydrogens is 468 g/mol. The molecule has 0 bridgehead atoms. The Kier molecular flexibility index (Phi) is 4.79. The van der Waals surface area contributed by atoms with Crippen LogP contribution in [-0.2, 0) is 0 Å². The molecule has 0 saturated heterocycles. The van der Waals surface area contributed by atoms with Crippen LogP contribution in [0.5, 0.6) is 28.7 Å². The standard InChI is InChI=1S/C19H16Br2O5/c1-5-7(2)12-15(21)16(23)9(4)17-18(12)25-11-6-10(22)14(20)8(3)13(11)19(24)26-17/h5-6,22-23H,1-4H3/b7-5+. The number of fused-ring (bicyclic) bond motifs is 2. The highest BCUT2D eigenvalue weighted by Gasteiger charge is 2.33. The van der Waals surface area contributed by atoms with Gasteiger partial charge in [-0.2, -0.15) is 0 Å². The number of halogens is 2. The van der Waals surface area contributed by atoms with Crippen molar-refractivity contribution in [2.75, 3.05) is 0 Å². The van der Waals surface area contributed by atoms with Crippen molar-refractivity contribution < 1.29 is 24.5 Å². The molecule has 7 heteroatoms. The van der Waals surface area contributed by atoms with Crippen LogP contribution in [0.1, 0.15) is 40.9 Å². The summed E-state index contributed by atoms with van der Waals surface area (Å²) in [6.07, 6.45) is 1.86. The summed E-state index contributed by atoms with van der Waals surface area (Å²) < 4.78 is 12.5. The van der Waals surface area contributed by atoms with Crippen LogP contribution < -0.4 is 9.47 Å². The monoisotopic (exact) mass is 482 g/mol. The largest absolute Gasteiger partial charge is 0.507 e. The van der Waals surface area contributed by atoms with E-state index in [-0.39, 0.29) is 28.6 Å². The molecule has 5 nitrogen and oxygen atoms in total. The molecule has 136 valence electrons. The lowest BCUT2D eigenvalue weighted by molar-refractivity contribution is 0.0735. The lowest BCUT2D eigenvalue weighted by atomic mass is 10.0. The van der Waals surface area contributed by atoms with E-state index in [0.717, 1.165) is 5.57 Å². The van der Waals surface area contributed by atoms with Crippen molar-refractivity contribution in [3.05, 3.63) is 43.3 Å². The van der Waals surface area contributed by atoms with Crippen molar-refractivity contribution in [1.82, 2.24) is 0 Å². The van der Waals surface area contributed by atoms with Crippen LogP contribution in [0.15, 0.2) is 21.1 Å². The normalized spacial score (nSPS) is 13.5. The van der Waals surface area contributed by atoms with Gasteiger partial charge in [0.05, 0.1) is 8.95 Å². The van der Waals surface area contributed by atoms with Gasteiger partial charge in [0, 0.05) is 17.2 Å². The van der Waals surface area contributed by atoms with Crippen molar-refractivity contribution in [1.29, 1.82) is 0 Å². The zero-order chi connectivity index (χ0) is 19.3. The molecule has 0 radical (unpaired) electrons. The van der Waals surface area contributed by atoms with Crippen molar-refractivity contribution in [3.63, 3.8) is 0 Å². The third-order valence-corrected chi connectivity index (χ3v) is 6.21. The first-order chi connectivity index (χ1) is 12.2. The Balaban J connectivity index is 2.40. The van der Waals surface area contributed by atoms with E-state index in [1.54, 1.807) is 13.8 Å². The van der Waals surface area contributed by atoms with Crippen molar-refractivity contribution in [3.8, 4) is 28.7 Å². The molecule has 0 atom stereocenters. The number of esters is 1. The minimum atomic E-state index is -0.620. The van der Waals surface area contributed by atoms with Gasteiger partial charge in [0.1, 0.15) is 22.8 Å². The highest BCUT2D eigenvalue weighted by molar-refractivity contribution is 9.11. The highest BCUT2D eigenvalue weighted by Crippen LogP contribution is 2.52. The van der Waals surface area contributed by atoms with Crippen LogP contribution in [0.2, 0.25) is 0 Å². The quantitative estimate of drug-likeness (QED) is 0.385. The molecule has 2 N–H and O–H groups in total. The maximum Gasteiger partial charge on any atom is 0.347 e. The van der Waals surface area contributed by atoms with Gasteiger partial charge >= 0.3 is 5.97 Å². The summed E-state index contributed by atoms with van der Waals surface area (Å²) in [5.74, 6) is -0.0477. The zero-order valence-corrected chi connectivity index (χ0v) is 17.7. The SMILES string of the molecule is C/C=C(\C)c1c(Br)c(O)c(C)c2c1Oc1cc(O)c(Br)c(C)c1C(=O)O2. The molecule has 1 heterocycles. The lowest BCUT2D eigenvalue weighted by Gasteiger charge is -2.18. The number of hydrogen-bond donors (Lipinski definition) is 2. The second-order valence-electron chi connectivity index (χ2n) is 5.99. The van der Waals surface area contributed by atoms with Gasteiger partial charge in [0.25, 0.3) is 0 Å². The van der Waals surface area contributed by atoms with E-state index in [4.69, 9.17) is 9.47 Å². The molecule has 2 aromatic carbocycles. The van der Waals surface area contributed by atoms with Crippen molar-refractivity contribution in [2.45, 2.75) is 27.7 Å². The second-order valence-corrected chi connectivity index (χ2v) is 7.58. The van der Waals surface area contributed by atoms with Crippen LogP contribution in [0.3, 0.4) is 0 Å². The van der Waals surface area contributed by atoms with Crippen LogP contribution in [0.4, 0.5) is 0 Å². The Hall–Kier alpha value is -1.99. The summed E-state index contributed by atoms with van der Waals surface area (Å²) in [6, 6.07) is 1.37. The maximum atomic E-state index is 12.7. The first kappa shape index (κ1) is 18.8. The average Bonchev–Trinajstić information content (AvgIpc) is 2.74. The summed E-state index contributed by atoms with van der Waals surface area (Å²) in [7, 11) is 0. The first-order valence-electron chi connectivity index (χ1n) is 7.79.